The lowest BCUT2D eigenvalue weighted by Crippen LogP contribution is -2.40. The minimum absolute atomic E-state index is 0.0268. The first kappa shape index (κ1) is 23.2. The van der Waals surface area contributed by atoms with Gasteiger partial charge in [-0.3, -0.25) is 9.59 Å². The smallest absolute Gasteiger partial charge is 0.324 e. The molecule has 1 rings (SSSR count). The number of carbonyl (C=O) groups is 2. The Balaban J connectivity index is 3.09. The summed E-state index contributed by atoms with van der Waals surface area (Å²) in [5, 5.41) is 0. The molecule has 1 aromatic rings. The Bertz CT molecular complexity index is 756. The van der Waals surface area contributed by atoms with Crippen LogP contribution in [0.5, 0.6) is 0 Å². The third-order valence-electron chi connectivity index (χ3n) is 4.44. The molecular formula is C24H30O4. The van der Waals surface area contributed by atoms with Gasteiger partial charge in [-0.15, -0.1) is 0 Å². The standard InChI is InChI=1S/C24H30O4/c1-19(2)11-9-12-20(3)16-18-24(22(25)27-4,23(26)28-5)17-10-15-21-13-7-6-8-14-21/h6-8,11,13-14,16H,9,12,17-18H2,1-5H3/b20-16+. The van der Waals surface area contributed by atoms with Crippen LogP contribution in [0.1, 0.15) is 52.0 Å². The molecule has 1 aromatic carbocycles. The van der Waals surface area contributed by atoms with E-state index in [0.717, 1.165) is 24.0 Å². The van der Waals surface area contributed by atoms with E-state index in [4.69, 9.17) is 9.47 Å². The molecule has 0 N–H and O–H groups in total. The maximum Gasteiger partial charge on any atom is 0.324 e. The number of hydrogen-bond acceptors (Lipinski definition) is 4. The van der Waals surface area contributed by atoms with Crippen molar-refractivity contribution in [2.45, 2.75) is 46.5 Å². The van der Waals surface area contributed by atoms with Gasteiger partial charge in [-0.25, -0.2) is 0 Å². The Hall–Kier alpha value is -2.80. The maximum absolute atomic E-state index is 12.6. The van der Waals surface area contributed by atoms with Crippen molar-refractivity contribution in [2.24, 2.45) is 5.41 Å². The SMILES string of the molecule is COC(=O)C(CC#Cc1ccccc1)(C/C=C(\C)CCC=C(C)C)C(=O)OC. The molecule has 150 valence electrons. The first-order chi connectivity index (χ1) is 13.4. The zero-order chi connectivity index (χ0) is 21.0. The van der Waals surface area contributed by atoms with E-state index in [2.05, 4.69) is 31.8 Å². The molecule has 4 nitrogen and oxygen atoms in total. The lowest BCUT2D eigenvalue weighted by molar-refractivity contribution is -0.168. The van der Waals surface area contributed by atoms with Crippen molar-refractivity contribution in [3.8, 4) is 11.8 Å². The molecule has 0 aliphatic carbocycles. The van der Waals surface area contributed by atoms with E-state index in [0.29, 0.717) is 0 Å². The van der Waals surface area contributed by atoms with Crippen molar-refractivity contribution in [3.63, 3.8) is 0 Å². The highest BCUT2D eigenvalue weighted by molar-refractivity contribution is 6.00. The van der Waals surface area contributed by atoms with E-state index in [9.17, 15) is 9.59 Å². The molecule has 0 aliphatic heterocycles. The Morgan fingerprint density at radius 2 is 1.61 bits per heavy atom. The quantitative estimate of drug-likeness (QED) is 0.279. The van der Waals surface area contributed by atoms with Gasteiger partial charge in [0.1, 0.15) is 0 Å². The Morgan fingerprint density at radius 3 is 2.14 bits per heavy atom. The van der Waals surface area contributed by atoms with Crippen LogP contribution in [0, 0.1) is 17.3 Å². The van der Waals surface area contributed by atoms with E-state index in [1.807, 2.05) is 43.3 Å². The minimum atomic E-state index is -1.47. The zero-order valence-corrected chi connectivity index (χ0v) is 17.5. The number of hydrogen-bond donors (Lipinski definition) is 0. The first-order valence-electron chi connectivity index (χ1n) is 9.35. The molecular weight excluding hydrogens is 352 g/mol. The van der Waals surface area contributed by atoms with E-state index >= 15 is 0 Å². The fraction of sp³-hybridized carbons (Fsp3) is 0.417. The van der Waals surface area contributed by atoms with Crippen LogP contribution in [-0.2, 0) is 19.1 Å². The van der Waals surface area contributed by atoms with E-state index in [-0.39, 0.29) is 12.8 Å². The molecule has 0 radical (unpaired) electrons. The monoisotopic (exact) mass is 382 g/mol. The molecule has 0 saturated carbocycles. The van der Waals surface area contributed by atoms with Crippen LogP contribution >= 0.6 is 0 Å². The number of methoxy groups -OCH3 is 2. The molecule has 0 spiro atoms. The Morgan fingerprint density at radius 1 is 1.00 bits per heavy atom. The predicted molar refractivity (Wildman–Crippen MR) is 111 cm³/mol. The van der Waals surface area contributed by atoms with Gasteiger partial charge in [-0.1, -0.05) is 53.3 Å². The predicted octanol–water partition coefficient (Wildman–Crippen LogP) is 4.84. The molecule has 0 aliphatic rings. The second-order valence-electron chi connectivity index (χ2n) is 6.98. The number of ether oxygens (including phenoxy) is 2. The van der Waals surface area contributed by atoms with Crippen LogP contribution in [0.2, 0.25) is 0 Å². The third kappa shape index (κ3) is 7.08. The summed E-state index contributed by atoms with van der Waals surface area (Å²) >= 11 is 0. The largest absolute Gasteiger partial charge is 0.468 e. The lowest BCUT2D eigenvalue weighted by Gasteiger charge is -2.25. The molecule has 0 unspecified atom stereocenters. The van der Waals surface area contributed by atoms with Crippen LogP contribution in [0.25, 0.3) is 0 Å². The number of allylic oxidation sites excluding steroid dienone is 4. The second kappa shape index (κ2) is 11.8. The summed E-state index contributed by atoms with van der Waals surface area (Å²) in [5.41, 5.74) is 1.72. The van der Waals surface area contributed by atoms with E-state index < -0.39 is 17.4 Å². The fourth-order valence-electron chi connectivity index (χ4n) is 2.71. The van der Waals surface area contributed by atoms with Gasteiger partial charge in [0.05, 0.1) is 14.2 Å². The fourth-order valence-corrected chi connectivity index (χ4v) is 2.71. The van der Waals surface area contributed by atoms with E-state index in [1.165, 1.54) is 19.8 Å². The summed E-state index contributed by atoms with van der Waals surface area (Å²) in [6, 6.07) is 9.42. The number of rotatable bonds is 8. The summed E-state index contributed by atoms with van der Waals surface area (Å²) < 4.78 is 9.88. The maximum atomic E-state index is 12.6. The number of esters is 2. The van der Waals surface area contributed by atoms with Gasteiger partial charge in [-0.05, 0) is 52.2 Å². The summed E-state index contributed by atoms with van der Waals surface area (Å²) in [4.78, 5) is 25.1. The van der Waals surface area contributed by atoms with Crippen LogP contribution in [0.15, 0.2) is 53.6 Å². The first-order valence-corrected chi connectivity index (χ1v) is 9.35. The zero-order valence-electron chi connectivity index (χ0n) is 17.5. The number of benzene rings is 1. The molecule has 0 bridgehead atoms. The third-order valence-corrected chi connectivity index (χ3v) is 4.44. The van der Waals surface area contributed by atoms with Gasteiger partial charge >= 0.3 is 11.9 Å². The average molecular weight is 383 g/mol. The van der Waals surface area contributed by atoms with Crippen molar-refractivity contribution in [3.05, 3.63) is 59.2 Å². The van der Waals surface area contributed by atoms with Gasteiger partial charge in [0.15, 0.2) is 5.41 Å². The van der Waals surface area contributed by atoms with Gasteiger partial charge in [0, 0.05) is 12.0 Å². The van der Waals surface area contributed by atoms with Gasteiger partial charge < -0.3 is 9.47 Å². The van der Waals surface area contributed by atoms with E-state index in [1.54, 1.807) is 0 Å². The molecule has 0 fully saturated rings. The van der Waals surface area contributed by atoms with Crippen molar-refractivity contribution in [1.29, 1.82) is 0 Å². The van der Waals surface area contributed by atoms with Crippen LogP contribution in [0.3, 0.4) is 0 Å². The van der Waals surface area contributed by atoms with Crippen molar-refractivity contribution in [1.82, 2.24) is 0 Å². The van der Waals surface area contributed by atoms with Crippen LogP contribution < -0.4 is 0 Å². The van der Waals surface area contributed by atoms with Crippen molar-refractivity contribution < 1.29 is 19.1 Å². The molecule has 0 aromatic heterocycles. The number of carbonyl (C=O) groups excluding carboxylic acids is 2. The minimum Gasteiger partial charge on any atom is -0.468 e. The van der Waals surface area contributed by atoms with Crippen molar-refractivity contribution in [2.75, 3.05) is 14.2 Å². The summed E-state index contributed by atoms with van der Waals surface area (Å²) in [6.07, 6.45) is 6.07. The van der Waals surface area contributed by atoms with Crippen molar-refractivity contribution >= 4 is 11.9 Å². The molecule has 0 amide bonds. The second-order valence-corrected chi connectivity index (χ2v) is 6.98. The van der Waals surface area contributed by atoms with Gasteiger partial charge in [-0.2, -0.15) is 0 Å². The average Bonchev–Trinajstić information content (AvgIpc) is 2.69. The Kier molecular flexibility index (Phi) is 9.81. The normalized spacial score (nSPS) is 11.1. The molecule has 4 heteroatoms. The summed E-state index contributed by atoms with van der Waals surface area (Å²) in [7, 11) is 2.55. The van der Waals surface area contributed by atoms with Gasteiger partial charge in [0.2, 0.25) is 0 Å². The summed E-state index contributed by atoms with van der Waals surface area (Å²) in [5.74, 6) is 4.70. The topological polar surface area (TPSA) is 52.6 Å². The molecule has 0 atom stereocenters. The highest BCUT2D eigenvalue weighted by Gasteiger charge is 2.47. The Labute approximate surface area is 168 Å². The molecule has 0 heterocycles. The molecule has 0 saturated heterocycles. The lowest BCUT2D eigenvalue weighted by atomic mass is 9.80. The highest BCUT2D eigenvalue weighted by atomic mass is 16.5. The van der Waals surface area contributed by atoms with Crippen LogP contribution in [0.4, 0.5) is 0 Å². The van der Waals surface area contributed by atoms with Crippen LogP contribution in [-0.4, -0.2) is 26.2 Å². The summed E-state index contributed by atoms with van der Waals surface area (Å²) in [6.45, 7) is 6.11. The molecule has 28 heavy (non-hydrogen) atoms. The highest BCUT2D eigenvalue weighted by Crippen LogP contribution is 2.31. The van der Waals surface area contributed by atoms with Gasteiger partial charge in [0.25, 0.3) is 0 Å².